The SMILES string of the molecule is Cn1c([C@@H](OC(C)(C)C)C(=O)O)c(-c2ccc3c(c2F)CCCO3)c2c(F)cccc2c1=O. The molecule has 0 saturated heterocycles. The van der Waals surface area contributed by atoms with Gasteiger partial charge in [0.15, 0.2) is 6.10 Å². The first-order valence-corrected chi connectivity index (χ1v) is 10.7. The van der Waals surface area contributed by atoms with Gasteiger partial charge in [-0.15, -0.1) is 0 Å². The van der Waals surface area contributed by atoms with E-state index in [1.54, 1.807) is 26.8 Å². The molecule has 0 bridgehead atoms. The van der Waals surface area contributed by atoms with Crippen LogP contribution in [-0.2, 0) is 23.0 Å². The Bertz CT molecular complexity index is 1320. The largest absolute Gasteiger partial charge is 0.493 e. The molecule has 174 valence electrons. The summed E-state index contributed by atoms with van der Waals surface area (Å²) in [5.74, 6) is -2.36. The molecule has 4 rings (SSSR count). The van der Waals surface area contributed by atoms with Gasteiger partial charge >= 0.3 is 5.97 Å². The van der Waals surface area contributed by atoms with Crippen LogP contribution >= 0.6 is 0 Å². The molecule has 33 heavy (non-hydrogen) atoms. The van der Waals surface area contributed by atoms with Crippen LogP contribution in [0.5, 0.6) is 5.75 Å². The molecule has 1 aromatic heterocycles. The zero-order valence-corrected chi connectivity index (χ0v) is 18.9. The van der Waals surface area contributed by atoms with Gasteiger partial charge < -0.3 is 19.1 Å². The summed E-state index contributed by atoms with van der Waals surface area (Å²) >= 11 is 0. The van der Waals surface area contributed by atoms with Crippen LogP contribution in [0.3, 0.4) is 0 Å². The molecule has 0 amide bonds. The van der Waals surface area contributed by atoms with Crippen LogP contribution < -0.4 is 10.3 Å². The number of halogens is 2. The summed E-state index contributed by atoms with van der Waals surface area (Å²) in [6, 6.07) is 7.02. The van der Waals surface area contributed by atoms with Gasteiger partial charge in [-0.3, -0.25) is 4.79 Å². The van der Waals surface area contributed by atoms with Crippen LogP contribution in [0.25, 0.3) is 21.9 Å². The van der Waals surface area contributed by atoms with E-state index in [0.717, 1.165) is 10.6 Å². The van der Waals surface area contributed by atoms with Gasteiger partial charge in [0.1, 0.15) is 17.4 Å². The van der Waals surface area contributed by atoms with Crippen molar-refractivity contribution in [2.75, 3.05) is 6.61 Å². The standard InChI is InChI=1S/C25H25F2NO5/c1-25(2,3)33-22(24(30)31)21-19(14-10-11-17-13(20(14)27)8-6-12-32-17)18-15(23(29)28(21)4)7-5-9-16(18)26/h5,7,9-11,22H,6,8,12H2,1-4H3,(H,30,31)/t22-/m1/s1. The first kappa shape index (κ1) is 22.9. The molecule has 6 nitrogen and oxygen atoms in total. The number of carboxylic acids is 1. The van der Waals surface area contributed by atoms with Gasteiger partial charge in [-0.1, -0.05) is 6.07 Å². The summed E-state index contributed by atoms with van der Waals surface area (Å²) in [5, 5.41) is 9.91. The topological polar surface area (TPSA) is 77.8 Å². The molecule has 0 spiro atoms. The molecule has 1 aliphatic rings. The van der Waals surface area contributed by atoms with Crippen LogP contribution in [0.4, 0.5) is 8.78 Å². The lowest BCUT2D eigenvalue weighted by molar-refractivity contribution is -0.161. The number of aromatic nitrogens is 1. The number of hydrogen-bond acceptors (Lipinski definition) is 4. The summed E-state index contributed by atoms with van der Waals surface area (Å²) in [6.07, 6.45) is -0.599. The summed E-state index contributed by atoms with van der Waals surface area (Å²) in [7, 11) is 1.38. The van der Waals surface area contributed by atoms with Crippen molar-refractivity contribution in [3.05, 3.63) is 63.6 Å². The fraction of sp³-hybridized carbons (Fsp3) is 0.360. The third kappa shape index (κ3) is 3.99. The number of nitrogens with zero attached hydrogens (tertiary/aromatic N) is 1. The lowest BCUT2D eigenvalue weighted by Crippen LogP contribution is -2.33. The Morgan fingerprint density at radius 2 is 1.94 bits per heavy atom. The summed E-state index contributed by atoms with van der Waals surface area (Å²) in [5.41, 5.74) is -1.34. The molecule has 1 N–H and O–H groups in total. The van der Waals surface area contributed by atoms with Crippen molar-refractivity contribution in [1.82, 2.24) is 4.57 Å². The second-order valence-corrected chi connectivity index (χ2v) is 9.09. The molecule has 3 aromatic rings. The van der Waals surface area contributed by atoms with Crippen molar-refractivity contribution in [3.8, 4) is 16.9 Å². The Hall–Kier alpha value is -3.26. The highest BCUT2D eigenvalue weighted by atomic mass is 19.1. The molecule has 1 aliphatic heterocycles. The van der Waals surface area contributed by atoms with Gasteiger partial charge in [-0.05, 0) is 57.9 Å². The zero-order valence-electron chi connectivity index (χ0n) is 18.9. The highest BCUT2D eigenvalue weighted by molar-refractivity contribution is 5.99. The van der Waals surface area contributed by atoms with Crippen LogP contribution in [-0.4, -0.2) is 27.9 Å². The fourth-order valence-electron chi connectivity index (χ4n) is 4.29. The van der Waals surface area contributed by atoms with E-state index in [9.17, 15) is 14.7 Å². The van der Waals surface area contributed by atoms with Crippen LogP contribution in [0, 0.1) is 11.6 Å². The van der Waals surface area contributed by atoms with Crippen molar-refractivity contribution in [2.45, 2.75) is 45.3 Å². The molecule has 0 fully saturated rings. The fourth-order valence-corrected chi connectivity index (χ4v) is 4.29. The van der Waals surface area contributed by atoms with Gasteiger partial charge in [0.25, 0.3) is 5.56 Å². The first-order chi connectivity index (χ1) is 15.5. The number of hydrogen-bond donors (Lipinski definition) is 1. The Morgan fingerprint density at radius 3 is 2.61 bits per heavy atom. The molecular formula is C25H25F2NO5. The minimum Gasteiger partial charge on any atom is -0.493 e. The lowest BCUT2D eigenvalue weighted by atomic mass is 9.91. The van der Waals surface area contributed by atoms with Gasteiger partial charge in [0.05, 0.1) is 23.3 Å². The predicted molar refractivity (Wildman–Crippen MR) is 120 cm³/mol. The Labute approximate surface area is 189 Å². The van der Waals surface area contributed by atoms with E-state index in [-0.39, 0.29) is 27.6 Å². The molecule has 0 aliphatic carbocycles. The number of pyridine rings is 1. The van der Waals surface area contributed by atoms with E-state index in [0.29, 0.717) is 30.8 Å². The monoisotopic (exact) mass is 457 g/mol. The molecule has 2 aromatic carbocycles. The second kappa shape index (κ2) is 8.26. The maximum absolute atomic E-state index is 15.8. The van der Waals surface area contributed by atoms with Crippen molar-refractivity contribution in [3.63, 3.8) is 0 Å². The minimum absolute atomic E-state index is 0.0105. The summed E-state index contributed by atoms with van der Waals surface area (Å²) in [4.78, 5) is 25.4. The van der Waals surface area contributed by atoms with Crippen LogP contribution in [0.1, 0.15) is 44.6 Å². The third-order valence-electron chi connectivity index (χ3n) is 5.66. The Kier molecular flexibility index (Phi) is 5.74. The number of fused-ring (bicyclic) bond motifs is 2. The van der Waals surface area contributed by atoms with Gasteiger partial charge in [-0.2, -0.15) is 0 Å². The van der Waals surface area contributed by atoms with E-state index in [1.165, 1.54) is 25.2 Å². The van der Waals surface area contributed by atoms with E-state index in [1.807, 2.05) is 0 Å². The maximum atomic E-state index is 15.8. The first-order valence-electron chi connectivity index (χ1n) is 10.7. The third-order valence-corrected chi connectivity index (χ3v) is 5.66. The van der Waals surface area contributed by atoms with E-state index in [4.69, 9.17) is 9.47 Å². The molecule has 2 heterocycles. The van der Waals surface area contributed by atoms with E-state index in [2.05, 4.69) is 0 Å². The van der Waals surface area contributed by atoms with Gasteiger partial charge in [0.2, 0.25) is 0 Å². The zero-order chi connectivity index (χ0) is 24.1. The average molecular weight is 457 g/mol. The maximum Gasteiger partial charge on any atom is 0.339 e. The molecular weight excluding hydrogens is 432 g/mol. The summed E-state index contributed by atoms with van der Waals surface area (Å²) in [6.45, 7) is 5.46. The van der Waals surface area contributed by atoms with Gasteiger partial charge in [0, 0.05) is 29.1 Å². The number of ether oxygens (including phenoxy) is 2. The van der Waals surface area contributed by atoms with Crippen molar-refractivity contribution < 1.29 is 28.2 Å². The second-order valence-electron chi connectivity index (χ2n) is 9.09. The van der Waals surface area contributed by atoms with Crippen LogP contribution in [0.15, 0.2) is 35.1 Å². The molecule has 0 unspecified atom stereocenters. The number of rotatable bonds is 4. The number of benzene rings is 2. The molecule has 0 saturated carbocycles. The Morgan fingerprint density at radius 1 is 1.21 bits per heavy atom. The van der Waals surface area contributed by atoms with Gasteiger partial charge in [-0.25, -0.2) is 13.6 Å². The van der Waals surface area contributed by atoms with E-state index < -0.39 is 34.9 Å². The number of aliphatic carboxylic acids is 1. The molecule has 1 atom stereocenters. The number of carboxylic acid groups (broad SMARTS) is 1. The van der Waals surface area contributed by atoms with Crippen LogP contribution in [0.2, 0.25) is 0 Å². The predicted octanol–water partition coefficient (Wildman–Crippen LogP) is 4.75. The van der Waals surface area contributed by atoms with E-state index >= 15 is 8.78 Å². The smallest absolute Gasteiger partial charge is 0.339 e. The highest BCUT2D eigenvalue weighted by Crippen LogP contribution is 2.41. The normalized spacial score (nSPS) is 14.6. The van der Waals surface area contributed by atoms with Crippen molar-refractivity contribution in [2.24, 2.45) is 7.05 Å². The molecule has 8 heteroatoms. The van der Waals surface area contributed by atoms with Crippen molar-refractivity contribution in [1.29, 1.82) is 0 Å². The quantitative estimate of drug-likeness (QED) is 0.612. The van der Waals surface area contributed by atoms with Crippen molar-refractivity contribution >= 4 is 16.7 Å². The molecule has 0 radical (unpaired) electrons. The highest BCUT2D eigenvalue weighted by Gasteiger charge is 2.35. The Balaban J connectivity index is 2.17. The minimum atomic E-state index is -1.65. The average Bonchev–Trinajstić information content (AvgIpc) is 2.75. The summed E-state index contributed by atoms with van der Waals surface area (Å²) < 4.78 is 43.5. The lowest BCUT2D eigenvalue weighted by Gasteiger charge is -2.29. The number of carbonyl (C=O) groups is 1.